The van der Waals surface area contributed by atoms with Crippen LogP contribution in [0.15, 0.2) is 42.5 Å². The van der Waals surface area contributed by atoms with Gasteiger partial charge < -0.3 is 10.6 Å². The Morgan fingerprint density at radius 2 is 1.68 bits per heavy atom. The van der Waals surface area contributed by atoms with Crippen molar-refractivity contribution in [1.82, 2.24) is 0 Å². The van der Waals surface area contributed by atoms with E-state index in [2.05, 4.69) is 33.2 Å². The maximum Gasteiger partial charge on any atom is 0.175 e. The van der Waals surface area contributed by atoms with Crippen LogP contribution in [0, 0.1) is 3.57 Å². The normalized spacial score (nSPS) is 10.1. The first kappa shape index (κ1) is 14.8. The first-order valence-electron chi connectivity index (χ1n) is 5.34. The Balaban J connectivity index is 2.05. The summed E-state index contributed by atoms with van der Waals surface area (Å²) in [5.41, 5.74) is 1.59. The molecule has 0 aliphatic heterocycles. The molecule has 0 heterocycles. The van der Waals surface area contributed by atoms with Crippen molar-refractivity contribution in [2.24, 2.45) is 0 Å². The van der Waals surface area contributed by atoms with Crippen molar-refractivity contribution in [2.45, 2.75) is 0 Å². The third-order valence-electron chi connectivity index (χ3n) is 2.30. The van der Waals surface area contributed by atoms with Crippen LogP contribution >= 0.6 is 58.0 Å². The minimum absolute atomic E-state index is 0.455. The van der Waals surface area contributed by atoms with Crippen molar-refractivity contribution in [1.29, 1.82) is 0 Å². The van der Waals surface area contributed by atoms with Crippen molar-refractivity contribution in [2.75, 3.05) is 10.6 Å². The van der Waals surface area contributed by atoms with Crippen LogP contribution in [-0.4, -0.2) is 5.11 Å². The summed E-state index contributed by atoms with van der Waals surface area (Å²) in [7, 11) is 0. The van der Waals surface area contributed by atoms with E-state index in [4.69, 9.17) is 35.4 Å². The van der Waals surface area contributed by atoms with Crippen molar-refractivity contribution in [3.63, 3.8) is 0 Å². The molecule has 0 bridgehead atoms. The van der Waals surface area contributed by atoms with E-state index in [0.29, 0.717) is 20.8 Å². The van der Waals surface area contributed by atoms with Gasteiger partial charge in [-0.05, 0) is 71.2 Å². The van der Waals surface area contributed by atoms with Crippen molar-refractivity contribution < 1.29 is 0 Å². The summed E-state index contributed by atoms with van der Waals surface area (Å²) in [4.78, 5) is 0. The van der Waals surface area contributed by atoms with Gasteiger partial charge in [-0.2, -0.15) is 0 Å². The van der Waals surface area contributed by atoms with E-state index < -0.39 is 0 Å². The van der Waals surface area contributed by atoms with E-state index in [1.807, 2.05) is 36.4 Å². The van der Waals surface area contributed by atoms with Gasteiger partial charge in [-0.1, -0.05) is 29.3 Å². The molecular weight excluding hydrogens is 414 g/mol. The SMILES string of the molecule is S=C(Nc1ccc(I)cc1)Nc1cccc(Cl)c1Cl. The van der Waals surface area contributed by atoms with Gasteiger partial charge in [0.2, 0.25) is 0 Å². The number of hydrogen-bond acceptors (Lipinski definition) is 1. The van der Waals surface area contributed by atoms with Crippen LogP contribution in [0.4, 0.5) is 11.4 Å². The third kappa shape index (κ3) is 4.21. The molecule has 0 aromatic heterocycles. The number of thiocarbonyl (C=S) groups is 1. The lowest BCUT2D eigenvalue weighted by molar-refractivity contribution is 1.58. The largest absolute Gasteiger partial charge is 0.332 e. The molecule has 0 radical (unpaired) electrons. The summed E-state index contributed by atoms with van der Waals surface area (Å²) in [6.07, 6.45) is 0. The summed E-state index contributed by atoms with van der Waals surface area (Å²) in [5.74, 6) is 0. The Morgan fingerprint density at radius 3 is 2.37 bits per heavy atom. The van der Waals surface area contributed by atoms with E-state index >= 15 is 0 Å². The molecule has 0 spiro atoms. The first-order valence-corrected chi connectivity index (χ1v) is 7.58. The van der Waals surface area contributed by atoms with Gasteiger partial charge in [0, 0.05) is 9.26 Å². The molecular formula is C13H9Cl2IN2S. The zero-order valence-electron chi connectivity index (χ0n) is 9.58. The van der Waals surface area contributed by atoms with Gasteiger partial charge in [0.05, 0.1) is 15.7 Å². The molecule has 6 heteroatoms. The Hall–Kier alpha value is -0.560. The van der Waals surface area contributed by atoms with E-state index in [0.717, 1.165) is 5.69 Å². The van der Waals surface area contributed by atoms with E-state index in [1.54, 1.807) is 6.07 Å². The lowest BCUT2D eigenvalue weighted by Gasteiger charge is -2.12. The van der Waals surface area contributed by atoms with E-state index in [-0.39, 0.29) is 0 Å². The van der Waals surface area contributed by atoms with E-state index in [9.17, 15) is 0 Å². The van der Waals surface area contributed by atoms with Crippen LogP contribution in [0.2, 0.25) is 10.0 Å². The predicted octanol–water partition coefficient (Wildman–Crippen LogP) is 5.41. The molecule has 0 fully saturated rings. The maximum atomic E-state index is 6.08. The second-order valence-electron chi connectivity index (χ2n) is 3.69. The molecule has 0 atom stereocenters. The molecule has 0 saturated carbocycles. The molecule has 2 aromatic carbocycles. The number of halogens is 3. The topological polar surface area (TPSA) is 24.1 Å². The molecule has 0 amide bonds. The van der Waals surface area contributed by atoms with Crippen molar-refractivity contribution >= 4 is 74.5 Å². The third-order valence-corrected chi connectivity index (χ3v) is 4.04. The molecule has 2 rings (SSSR count). The zero-order chi connectivity index (χ0) is 13.8. The Bertz CT molecular complexity index is 602. The highest BCUT2D eigenvalue weighted by Crippen LogP contribution is 2.29. The monoisotopic (exact) mass is 422 g/mol. The van der Waals surface area contributed by atoms with Gasteiger partial charge in [0.25, 0.3) is 0 Å². The lowest BCUT2D eigenvalue weighted by atomic mass is 10.3. The second kappa shape index (κ2) is 6.74. The number of benzene rings is 2. The lowest BCUT2D eigenvalue weighted by Crippen LogP contribution is -2.19. The van der Waals surface area contributed by atoms with Crippen molar-refractivity contribution in [3.05, 3.63) is 56.1 Å². The van der Waals surface area contributed by atoms with Crippen LogP contribution in [0.25, 0.3) is 0 Å². The fourth-order valence-electron chi connectivity index (χ4n) is 1.42. The van der Waals surface area contributed by atoms with Crippen LogP contribution in [0.5, 0.6) is 0 Å². The second-order valence-corrected chi connectivity index (χ2v) is 6.13. The molecule has 2 aromatic rings. The summed E-state index contributed by atoms with van der Waals surface area (Å²) >= 11 is 19.5. The highest BCUT2D eigenvalue weighted by molar-refractivity contribution is 14.1. The van der Waals surface area contributed by atoms with Crippen LogP contribution in [0.3, 0.4) is 0 Å². The Morgan fingerprint density at radius 1 is 1.00 bits per heavy atom. The average molecular weight is 423 g/mol. The van der Waals surface area contributed by atoms with Crippen molar-refractivity contribution in [3.8, 4) is 0 Å². The molecule has 19 heavy (non-hydrogen) atoms. The molecule has 2 nitrogen and oxygen atoms in total. The average Bonchev–Trinajstić information content (AvgIpc) is 2.38. The quantitative estimate of drug-likeness (QED) is 0.500. The fraction of sp³-hybridized carbons (Fsp3) is 0. The minimum atomic E-state index is 0.455. The maximum absolute atomic E-state index is 6.08. The molecule has 0 aliphatic rings. The zero-order valence-corrected chi connectivity index (χ0v) is 14.1. The van der Waals surface area contributed by atoms with Crippen LogP contribution in [-0.2, 0) is 0 Å². The standard InChI is InChI=1S/C13H9Cl2IN2S/c14-10-2-1-3-11(12(10)15)18-13(19)17-9-6-4-8(16)5-7-9/h1-7H,(H2,17,18,19). The van der Waals surface area contributed by atoms with Gasteiger partial charge in [0.1, 0.15) is 0 Å². The van der Waals surface area contributed by atoms with Crippen LogP contribution < -0.4 is 10.6 Å². The molecule has 0 aliphatic carbocycles. The minimum Gasteiger partial charge on any atom is -0.332 e. The van der Waals surface area contributed by atoms with Gasteiger partial charge in [-0.25, -0.2) is 0 Å². The molecule has 0 unspecified atom stereocenters. The highest BCUT2D eigenvalue weighted by atomic mass is 127. The summed E-state index contributed by atoms with van der Waals surface area (Å²) in [6.45, 7) is 0. The molecule has 0 saturated heterocycles. The fourth-order valence-corrected chi connectivity index (χ4v) is 2.35. The Kier molecular flexibility index (Phi) is 5.27. The summed E-state index contributed by atoms with van der Waals surface area (Å²) in [6, 6.07) is 13.3. The summed E-state index contributed by atoms with van der Waals surface area (Å²) in [5, 5.41) is 7.50. The smallest absolute Gasteiger partial charge is 0.175 e. The number of hydrogen-bond donors (Lipinski definition) is 2. The number of anilines is 2. The number of rotatable bonds is 2. The highest BCUT2D eigenvalue weighted by Gasteiger charge is 2.05. The Labute approximate surface area is 140 Å². The molecule has 2 N–H and O–H groups in total. The summed E-state index contributed by atoms with van der Waals surface area (Å²) < 4.78 is 1.17. The molecule has 98 valence electrons. The van der Waals surface area contributed by atoms with Gasteiger partial charge >= 0.3 is 0 Å². The van der Waals surface area contributed by atoms with Crippen LogP contribution in [0.1, 0.15) is 0 Å². The van der Waals surface area contributed by atoms with Gasteiger partial charge in [-0.15, -0.1) is 0 Å². The van der Waals surface area contributed by atoms with E-state index in [1.165, 1.54) is 3.57 Å². The van der Waals surface area contributed by atoms with Gasteiger partial charge in [-0.3, -0.25) is 0 Å². The number of nitrogens with one attached hydrogen (secondary N) is 2. The first-order chi connectivity index (χ1) is 9.06. The predicted molar refractivity (Wildman–Crippen MR) is 95.5 cm³/mol. The van der Waals surface area contributed by atoms with Gasteiger partial charge in [0.15, 0.2) is 5.11 Å².